The van der Waals surface area contributed by atoms with Crippen LogP contribution in [0.5, 0.6) is 11.5 Å². The van der Waals surface area contributed by atoms with Gasteiger partial charge in [0.15, 0.2) is 0 Å². The molecule has 0 radical (unpaired) electrons. The number of aryl methyl sites for hydroxylation is 1. The van der Waals surface area contributed by atoms with Gasteiger partial charge in [-0.2, -0.15) is 0 Å². The third kappa shape index (κ3) is 5.04. The SMILES string of the molecule is COc1ccc2c(c1)CCC(c1ccc(Br)cc1)N2c1ccc(OCCN2CCCC2)cc1. The molecule has 172 valence electrons. The molecule has 0 amide bonds. The van der Waals surface area contributed by atoms with E-state index in [-0.39, 0.29) is 6.04 Å². The van der Waals surface area contributed by atoms with E-state index in [1.807, 2.05) is 0 Å². The van der Waals surface area contributed by atoms with E-state index in [0.29, 0.717) is 0 Å². The quantitative estimate of drug-likeness (QED) is 0.353. The molecule has 0 spiro atoms. The van der Waals surface area contributed by atoms with Crippen molar-refractivity contribution in [2.75, 3.05) is 38.3 Å². The van der Waals surface area contributed by atoms with E-state index in [4.69, 9.17) is 9.47 Å². The Hall–Kier alpha value is -2.50. The first-order chi connectivity index (χ1) is 16.2. The molecule has 2 aliphatic heterocycles. The third-order valence-electron chi connectivity index (χ3n) is 6.79. The lowest BCUT2D eigenvalue weighted by molar-refractivity contribution is 0.238. The molecule has 1 atom stereocenters. The van der Waals surface area contributed by atoms with Crippen LogP contribution in [-0.2, 0) is 6.42 Å². The van der Waals surface area contributed by atoms with Crippen LogP contribution in [0.3, 0.4) is 0 Å². The molecule has 3 aromatic carbocycles. The zero-order valence-electron chi connectivity index (χ0n) is 19.2. The van der Waals surface area contributed by atoms with Crippen molar-refractivity contribution in [1.82, 2.24) is 4.90 Å². The highest BCUT2D eigenvalue weighted by Crippen LogP contribution is 2.45. The van der Waals surface area contributed by atoms with Gasteiger partial charge < -0.3 is 14.4 Å². The highest BCUT2D eigenvalue weighted by Gasteiger charge is 2.29. The third-order valence-corrected chi connectivity index (χ3v) is 7.32. The van der Waals surface area contributed by atoms with Crippen LogP contribution < -0.4 is 14.4 Å². The van der Waals surface area contributed by atoms with Crippen LogP contribution in [0.4, 0.5) is 11.4 Å². The molecule has 0 N–H and O–H groups in total. The molecule has 0 aliphatic carbocycles. The van der Waals surface area contributed by atoms with Crippen LogP contribution in [0.25, 0.3) is 0 Å². The minimum atomic E-state index is 0.279. The van der Waals surface area contributed by atoms with Gasteiger partial charge in [-0.3, -0.25) is 4.90 Å². The monoisotopic (exact) mass is 506 g/mol. The number of hydrogen-bond acceptors (Lipinski definition) is 4. The van der Waals surface area contributed by atoms with E-state index >= 15 is 0 Å². The summed E-state index contributed by atoms with van der Waals surface area (Å²) in [7, 11) is 1.73. The predicted molar refractivity (Wildman–Crippen MR) is 138 cm³/mol. The van der Waals surface area contributed by atoms with Gasteiger partial charge in [0.05, 0.1) is 13.2 Å². The Morgan fingerprint density at radius 3 is 2.36 bits per heavy atom. The lowest BCUT2D eigenvalue weighted by Gasteiger charge is -2.39. The van der Waals surface area contributed by atoms with Crippen molar-refractivity contribution in [3.05, 3.63) is 82.3 Å². The number of anilines is 2. The lowest BCUT2D eigenvalue weighted by atomic mass is 9.90. The predicted octanol–water partition coefficient (Wildman–Crippen LogP) is 6.76. The summed E-state index contributed by atoms with van der Waals surface area (Å²) >= 11 is 3.58. The van der Waals surface area contributed by atoms with Crippen molar-refractivity contribution >= 4 is 27.3 Å². The van der Waals surface area contributed by atoms with Gasteiger partial charge in [0.25, 0.3) is 0 Å². The molecule has 0 bridgehead atoms. The van der Waals surface area contributed by atoms with Crippen molar-refractivity contribution in [3.8, 4) is 11.5 Å². The number of ether oxygens (including phenoxy) is 2. The van der Waals surface area contributed by atoms with E-state index in [2.05, 4.69) is 92.5 Å². The number of hydrogen-bond donors (Lipinski definition) is 0. The van der Waals surface area contributed by atoms with Gasteiger partial charge in [0.2, 0.25) is 0 Å². The normalized spacial score (nSPS) is 18.2. The standard InChI is InChI=1S/C28H31BrN2O2/c1-32-26-13-15-28-22(20-26)6-14-27(21-4-7-23(29)8-5-21)31(28)24-9-11-25(12-10-24)33-19-18-30-16-2-3-17-30/h4-5,7-13,15,20,27H,2-3,6,14,16-19H2,1H3. The number of halogens is 1. The average Bonchev–Trinajstić information content (AvgIpc) is 3.38. The van der Waals surface area contributed by atoms with Crippen molar-refractivity contribution in [2.45, 2.75) is 31.7 Å². The Labute approximate surface area is 205 Å². The van der Waals surface area contributed by atoms with Gasteiger partial charge >= 0.3 is 0 Å². The summed E-state index contributed by atoms with van der Waals surface area (Å²) in [6, 6.07) is 24.0. The fraction of sp³-hybridized carbons (Fsp3) is 0.357. The Bertz CT molecular complexity index is 1060. The van der Waals surface area contributed by atoms with E-state index in [0.717, 1.165) is 42.0 Å². The van der Waals surface area contributed by atoms with Crippen LogP contribution in [-0.4, -0.2) is 38.3 Å². The molecule has 33 heavy (non-hydrogen) atoms. The van der Waals surface area contributed by atoms with Crippen molar-refractivity contribution < 1.29 is 9.47 Å². The smallest absolute Gasteiger partial charge is 0.119 e. The summed E-state index contributed by atoms with van der Waals surface area (Å²) in [6.07, 6.45) is 4.71. The van der Waals surface area contributed by atoms with Crippen LogP contribution in [0, 0.1) is 0 Å². The first-order valence-electron chi connectivity index (χ1n) is 11.9. The largest absolute Gasteiger partial charge is 0.497 e. The zero-order valence-corrected chi connectivity index (χ0v) is 20.8. The van der Waals surface area contributed by atoms with E-state index in [9.17, 15) is 0 Å². The lowest BCUT2D eigenvalue weighted by Crippen LogP contribution is -2.29. The summed E-state index contributed by atoms with van der Waals surface area (Å²) in [5.74, 6) is 1.85. The van der Waals surface area contributed by atoms with Gasteiger partial charge in [0.1, 0.15) is 18.1 Å². The summed E-state index contributed by atoms with van der Waals surface area (Å²) in [6.45, 7) is 4.17. The maximum absolute atomic E-state index is 6.05. The zero-order chi connectivity index (χ0) is 22.6. The second-order valence-electron chi connectivity index (χ2n) is 8.86. The fourth-order valence-electron chi connectivity index (χ4n) is 5.03. The van der Waals surface area contributed by atoms with Crippen molar-refractivity contribution in [2.24, 2.45) is 0 Å². The number of likely N-dealkylation sites (tertiary alicyclic amines) is 1. The van der Waals surface area contributed by atoms with E-state index < -0.39 is 0 Å². The minimum Gasteiger partial charge on any atom is -0.497 e. The molecule has 5 heteroatoms. The number of fused-ring (bicyclic) bond motifs is 1. The molecule has 0 aromatic heterocycles. The van der Waals surface area contributed by atoms with Gasteiger partial charge in [-0.05, 0) is 104 Å². The first-order valence-corrected chi connectivity index (χ1v) is 12.7. The minimum absolute atomic E-state index is 0.279. The Balaban J connectivity index is 1.40. The molecule has 1 unspecified atom stereocenters. The molecule has 0 saturated carbocycles. The Kier molecular flexibility index (Phi) is 6.88. The topological polar surface area (TPSA) is 24.9 Å². The van der Waals surface area contributed by atoms with Gasteiger partial charge in [-0.15, -0.1) is 0 Å². The molecule has 5 rings (SSSR count). The van der Waals surface area contributed by atoms with Crippen LogP contribution in [0.2, 0.25) is 0 Å². The molecule has 2 aliphatic rings. The van der Waals surface area contributed by atoms with E-state index in [1.54, 1.807) is 7.11 Å². The summed E-state index contributed by atoms with van der Waals surface area (Å²) in [4.78, 5) is 4.95. The summed E-state index contributed by atoms with van der Waals surface area (Å²) < 4.78 is 12.7. The maximum Gasteiger partial charge on any atom is 0.119 e. The molecular formula is C28H31BrN2O2. The summed E-state index contributed by atoms with van der Waals surface area (Å²) in [5, 5.41) is 0. The van der Waals surface area contributed by atoms with Crippen LogP contribution >= 0.6 is 15.9 Å². The Morgan fingerprint density at radius 1 is 0.909 bits per heavy atom. The second kappa shape index (κ2) is 10.2. The van der Waals surface area contributed by atoms with Crippen LogP contribution in [0.1, 0.15) is 36.4 Å². The van der Waals surface area contributed by atoms with Gasteiger partial charge in [0, 0.05) is 22.4 Å². The second-order valence-corrected chi connectivity index (χ2v) is 9.78. The van der Waals surface area contributed by atoms with E-state index in [1.165, 1.54) is 48.4 Å². The molecule has 1 fully saturated rings. The molecule has 2 heterocycles. The fourth-order valence-corrected chi connectivity index (χ4v) is 5.30. The highest BCUT2D eigenvalue weighted by atomic mass is 79.9. The van der Waals surface area contributed by atoms with Gasteiger partial charge in [-0.1, -0.05) is 28.1 Å². The van der Waals surface area contributed by atoms with Gasteiger partial charge in [-0.25, -0.2) is 0 Å². The number of benzene rings is 3. The summed E-state index contributed by atoms with van der Waals surface area (Å²) in [5.41, 5.74) is 5.08. The number of methoxy groups -OCH3 is 1. The first kappa shape index (κ1) is 22.3. The highest BCUT2D eigenvalue weighted by molar-refractivity contribution is 9.10. The molecular weight excluding hydrogens is 476 g/mol. The Morgan fingerprint density at radius 2 is 1.64 bits per heavy atom. The number of rotatable bonds is 7. The average molecular weight is 507 g/mol. The maximum atomic E-state index is 6.05. The van der Waals surface area contributed by atoms with Crippen molar-refractivity contribution in [3.63, 3.8) is 0 Å². The van der Waals surface area contributed by atoms with Crippen LogP contribution in [0.15, 0.2) is 71.2 Å². The molecule has 1 saturated heterocycles. The van der Waals surface area contributed by atoms with Crippen molar-refractivity contribution in [1.29, 1.82) is 0 Å². The molecule has 4 nitrogen and oxygen atoms in total. The molecule has 3 aromatic rings. The number of nitrogens with zero attached hydrogens (tertiary/aromatic N) is 2.